The molecule has 0 aliphatic carbocycles. The molecule has 0 N–H and O–H groups in total. The van der Waals surface area contributed by atoms with Gasteiger partial charge in [0, 0.05) is 16.8 Å². The Morgan fingerprint density at radius 1 is 0.333 bits per heavy atom. The van der Waals surface area contributed by atoms with Crippen LogP contribution in [0.15, 0.2) is 212 Å². The van der Waals surface area contributed by atoms with Crippen LogP contribution >= 0.6 is 0 Å². The molecule has 0 spiro atoms. The maximum absolute atomic E-state index is 9.35. The van der Waals surface area contributed by atoms with E-state index >= 15 is 0 Å². The molecule has 51 heavy (non-hydrogen) atoms. The molecule has 0 amide bonds. The standard InChI is InChI=1S/C50H35N/c1-3-14-36(15-4-1)42-32-43(37-16-5-2-6-17-37)34-44(33-42)38-28-30-45(31-29-38)51(50-27-13-21-40-19-8-10-25-49(40)50)46-23-11-22-41(35-46)48-26-12-20-39-18-7-9-24-47(39)48/h1-35H/i8D,10D,13D,19D,21D,25D,27D. The number of benzene rings is 9. The third-order valence-electron chi connectivity index (χ3n) is 9.33. The molecule has 0 saturated carbocycles. The summed E-state index contributed by atoms with van der Waals surface area (Å²) in [6.45, 7) is 0. The van der Waals surface area contributed by atoms with E-state index in [4.69, 9.17) is 8.22 Å². The molecule has 0 unspecified atom stereocenters. The fourth-order valence-electron chi connectivity index (χ4n) is 6.86. The molecule has 1 heteroatoms. The van der Waals surface area contributed by atoms with E-state index < -0.39 is 30.2 Å². The number of hydrogen-bond donors (Lipinski definition) is 0. The molecule has 0 fully saturated rings. The molecule has 0 saturated heterocycles. The Labute approximate surface area is 309 Å². The van der Waals surface area contributed by atoms with Crippen LogP contribution in [0.3, 0.4) is 0 Å². The summed E-state index contributed by atoms with van der Waals surface area (Å²) < 4.78 is 62.1. The largest absolute Gasteiger partial charge is 0.310 e. The van der Waals surface area contributed by atoms with Crippen molar-refractivity contribution in [1.82, 2.24) is 0 Å². The zero-order valence-corrected chi connectivity index (χ0v) is 27.6. The minimum atomic E-state index is -0.490. The summed E-state index contributed by atoms with van der Waals surface area (Å²) in [4.78, 5) is 1.79. The van der Waals surface area contributed by atoms with Crippen molar-refractivity contribution >= 4 is 38.6 Å². The van der Waals surface area contributed by atoms with E-state index in [-0.39, 0.29) is 28.5 Å². The predicted molar refractivity (Wildman–Crippen MR) is 218 cm³/mol. The molecule has 0 radical (unpaired) electrons. The van der Waals surface area contributed by atoms with Crippen molar-refractivity contribution in [2.75, 3.05) is 4.90 Å². The van der Waals surface area contributed by atoms with Gasteiger partial charge in [0.1, 0.15) is 0 Å². The number of fused-ring (bicyclic) bond motifs is 2. The van der Waals surface area contributed by atoms with Gasteiger partial charge in [-0.3, -0.25) is 0 Å². The fourth-order valence-corrected chi connectivity index (χ4v) is 6.86. The first kappa shape index (κ1) is 23.6. The maximum Gasteiger partial charge on any atom is 0.0645 e. The summed E-state index contributed by atoms with van der Waals surface area (Å²) in [5.74, 6) is 0. The molecule has 0 heterocycles. The minimum Gasteiger partial charge on any atom is -0.310 e. The van der Waals surface area contributed by atoms with Gasteiger partial charge in [0.25, 0.3) is 0 Å². The first-order chi connectivity index (χ1) is 28.2. The van der Waals surface area contributed by atoms with Gasteiger partial charge in [-0.25, -0.2) is 0 Å². The molecule has 9 aromatic carbocycles. The van der Waals surface area contributed by atoms with Gasteiger partial charge < -0.3 is 4.90 Å². The maximum atomic E-state index is 9.35. The van der Waals surface area contributed by atoms with E-state index in [9.17, 15) is 1.37 Å². The summed E-state index contributed by atoms with van der Waals surface area (Å²) in [6.07, 6.45) is 0. The second-order valence-corrected chi connectivity index (χ2v) is 12.5. The Balaban J connectivity index is 1.27. The van der Waals surface area contributed by atoms with E-state index in [0.717, 1.165) is 55.3 Å². The van der Waals surface area contributed by atoms with Crippen molar-refractivity contribution < 1.29 is 9.60 Å². The van der Waals surface area contributed by atoms with Crippen LogP contribution in [0.2, 0.25) is 0 Å². The number of anilines is 3. The molecule has 1 nitrogen and oxygen atoms in total. The number of hydrogen-bond acceptors (Lipinski definition) is 1. The van der Waals surface area contributed by atoms with E-state index in [2.05, 4.69) is 66.7 Å². The fraction of sp³-hybridized carbons (Fsp3) is 0. The molecule has 240 valence electrons. The Hall–Kier alpha value is -6.70. The molecule has 0 atom stereocenters. The van der Waals surface area contributed by atoms with Gasteiger partial charge in [-0.2, -0.15) is 0 Å². The Morgan fingerprint density at radius 3 is 1.63 bits per heavy atom. The highest BCUT2D eigenvalue weighted by Gasteiger charge is 2.17. The van der Waals surface area contributed by atoms with Gasteiger partial charge >= 0.3 is 0 Å². The van der Waals surface area contributed by atoms with Crippen LogP contribution in [-0.4, -0.2) is 0 Å². The lowest BCUT2D eigenvalue weighted by molar-refractivity contribution is 1.30. The Kier molecular flexibility index (Phi) is 6.16. The molecule has 0 aromatic heterocycles. The van der Waals surface area contributed by atoms with Crippen molar-refractivity contribution in [3.05, 3.63) is 212 Å². The first-order valence-corrected chi connectivity index (χ1v) is 16.9. The van der Waals surface area contributed by atoms with Crippen LogP contribution in [0.1, 0.15) is 9.60 Å². The molecule has 9 rings (SSSR count). The van der Waals surface area contributed by atoms with Crippen molar-refractivity contribution in [2.24, 2.45) is 0 Å². The number of rotatable bonds is 7. The summed E-state index contributed by atoms with van der Waals surface area (Å²) in [7, 11) is 0. The monoisotopic (exact) mass is 656 g/mol. The van der Waals surface area contributed by atoms with Crippen LogP contribution in [0, 0.1) is 0 Å². The average Bonchev–Trinajstić information content (AvgIpc) is 3.28. The SMILES string of the molecule is [2H]c1c([2H])c([2H])c2c(N(c3ccc(-c4cc(-c5ccccc5)cc(-c5ccccc5)c4)cc3)c3cccc(-c4cccc5ccccc45)c3)c([2H])c([2H])c([2H])c2c1[2H]. The second kappa shape index (κ2) is 13.3. The Morgan fingerprint density at radius 2 is 0.902 bits per heavy atom. The van der Waals surface area contributed by atoms with Crippen molar-refractivity contribution in [1.29, 1.82) is 0 Å². The first-order valence-electron chi connectivity index (χ1n) is 20.4. The minimum absolute atomic E-state index is 0.0136. The Bertz CT molecular complexity index is 2950. The van der Waals surface area contributed by atoms with Gasteiger partial charge in [-0.1, -0.05) is 164 Å². The highest BCUT2D eigenvalue weighted by atomic mass is 15.1. The highest BCUT2D eigenvalue weighted by Crippen LogP contribution is 2.42. The van der Waals surface area contributed by atoms with E-state index in [1.54, 1.807) is 4.90 Å². The normalized spacial score (nSPS) is 13.1. The van der Waals surface area contributed by atoms with Gasteiger partial charge in [0.2, 0.25) is 0 Å². The van der Waals surface area contributed by atoms with Crippen LogP contribution in [0.25, 0.3) is 66.1 Å². The van der Waals surface area contributed by atoms with Crippen LogP contribution in [0.5, 0.6) is 0 Å². The van der Waals surface area contributed by atoms with Crippen molar-refractivity contribution in [3.8, 4) is 44.5 Å². The zero-order chi connectivity index (χ0) is 40.1. The van der Waals surface area contributed by atoms with Gasteiger partial charge in [-0.05, 0) is 109 Å². The van der Waals surface area contributed by atoms with Crippen molar-refractivity contribution in [2.45, 2.75) is 0 Å². The third-order valence-corrected chi connectivity index (χ3v) is 9.33. The lowest BCUT2D eigenvalue weighted by Crippen LogP contribution is -2.10. The highest BCUT2D eigenvalue weighted by molar-refractivity contribution is 6.01. The van der Waals surface area contributed by atoms with E-state index in [0.29, 0.717) is 11.4 Å². The molecule has 0 aliphatic rings. The van der Waals surface area contributed by atoms with E-state index in [1.807, 2.05) is 103 Å². The number of nitrogens with zero attached hydrogens (tertiary/aromatic N) is 1. The van der Waals surface area contributed by atoms with Crippen LogP contribution < -0.4 is 4.90 Å². The van der Waals surface area contributed by atoms with Gasteiger partial charge in [0.15, 0.2) is 0 Å². The smallest absolute Gasteiger partial charge is 0.0645 e. The summed E-state index contributed by atoms with van der Waals surface area (Å²) in [5.41, 5.74) is 9.53. The lowest BCUT2D eigenvalue weighted by Gasteiger charge is -2.27. The summed E-state index contributed by atoms with van der Waals surface area (Å²) in [5, 5.41) is 2.07. The third kappa shape index (κ3) is 5.96. The van der Waals surface area contributed by atoms with Crippen molar-refractivity contribution in [3.63, 3.8) is 0 Å². The average molecular weight is 657 g/mol. The second-order valence-electron chi connectivity index (χ2n) is 12.5. The molecule has 0 aliphatic heterocycles. The van der Waals surface area contributed by atoms with Crippen LogP contribution in [0.4, 0.5) is 17.1 Å². The van der Waals surface area contributed by atoms with E-state index in [1.165, 1.54) is 0 Å². The molecular formula is C50H35N. The molecular weight excluding hydrogens is 615 g/mol. The molecule has 0 bridgehead atoms. The van der Waals surface area contributed by atoms with Gasteiger partial charge in [0.05, 0.1) is 15.3 Å². The summed E-state index contributed by atoms with van der Waals surface area (Å²) in [6, 6.07) is 54.2. The quantitative estimate of drug-likeness (QED) is 0.165. The predicted octanol–water partition coefficient (Wildman–Crippen LogP) is 14.1. The van der Waals surface area contributed by atoms with Gasteiger partial charge in [-0.15, -0.1) is 0 Å². The summed E-state index contributed by atoms with van der Waals surface area (Å²) >= 11 is 0. The lowest BCUT2D eigenvalue weighted by atomic mass is 9.93. The molecule has 9 aromatic rings. The topological polar surface area (TPSA) is 3.24 Å². The zero-order valence-electron chi connectivity index (χ0n) is 34.6. The van der Waals surface area contributed by atoms with Crippen LogP contribution in [-0.2, 0) is 0 Å².